The van der Waals surface area contributed by atoms with Crippen LogP contribution in [0.5, 0.6) is 0 Å². The Kier molecular flexibility index (Phi) is 5.82. The molecule has 1 rings (SSSR count). The van der Waals surface area contributed by atoms with Crippen LogP contribution in [0, 0.1) is 6.92 Å². The van der Waals surface area contributed by atoms with E-state index < -0.39 is 0 Å². The Balaban J connectivity index is 3.09. The number of amides is 1. The molecule has 0 aliphatic rings. The number of nitrogens with one attached hydrogen (secondary N) is 2. The quantitative estimate of drug-likeness (QED) is 0.751. The van der Waals surface area contributed by atoms with Crippen molar-refractivity contribution in [1.82, 2.24) is 20.4 Å². The second-order valence-electron chi connectivity index (χ2n) is 4.64. The Hall–Kier alpha value is -1.56. The molecule has 0 fully saturated rings. The van der Waals surface area contributed by atoms with Gasteiger partial charge in [-0.1, -0.05) is 6.92 Å². The van der Waals surface area contributed by atoms with Crippen molar-refractivity contribution in [3.63, 3.8) is 0 Å². The minimum Gasteiger partial charge on any atom is -0.358 e. The molecule has 2 N–H and O–H groups in total. The van der Waals surface area contributed by atoms with Gasteiger partial charge in [0.25, 0.3) is 0 Å². The molecule has 0 spiro atoms. The lowest BCUT2D eigenvalue weighted by atomic mass is 10.2. The van der Waals surface area contributed by atoms with Gasteiger partial charge in [-0.2, -0.15) is 5.10 Å². The molecular formula is C13H25N5O. The van der Waals surface area contributed by atoms with Crippen molar-refractivity contribution >= 4 is 11.7 Å². The molecule has 108 valence electrons. The lowest BCUT2D eigenvalue weighted by molar-refractivity contribution is -0.119. The van der Waals surface area contributed by atoms with Crippen LogP contribution >= 0.6 is 0 Å². The van der Waals surface area contributed by atoms with E-state index in [0.717, 1.165) is 36.6 Å². The minimum atomic E-state index is 0.0164. The van der Waals surface area contributed by atoms with Gasteiger partial charge in [0.15, 0.2) is 0 Å². The van der Waals surface area contributed by atoms with Crippen LogP contribution in [-0.2, 0) is 18.4 Å². The average molecular weight is 267 g/mol. The van der Waals surface area contributed by atoms with Gasteiger partial charge in [0, 0.05) is 32.7 Å². The van der Waals surface area contributed by atoms with E-state index in [-0.39, 0.29) is 5.91 Å². The van der Waals surface area contributed by atoms with E-state index in [1.54, 1.807) is 7.05 Å². The Labute approximate surface area is 115 Å². The van der Waals surface area contributed by atoms with Gasteiger partial charge in [-0.25, -0.2) is 0 Å². The number of carbonyl (C=O) groups excluding carboxylic acids is 1. The van der Waals surface area contributed by atoms with Gasteiger partial charge in [-0.05, 0) is 20.4 Å². The number of aryl methyl sites for hydroxylation is 2. The fraction of sp³-hybridized carbons (Fsp3) is 0.692. The standard InChI is InChI=1S/C13H25N5O/c1-6-7-18(9-12(19)15-4)13-11(8-14-3)10(2)16-17(13)5/h14H,6-9H2,1-5H3,(H,15,19). The van der Waals surface area contributed by atoms with Gasteiger partial charge < -0.3 is 15.5 Å². The zero-order valence-corrected chi connectivity index (χ0v) is 12.6. The maximum absolute atomic E-state index is 11.7. The monoisotopic (exact) mass is 267 g/mol. The number of likely N-dealkylation sites (N-methyl/N-ethyl adjacent to an activating group) is 1. The summed E-state index contributed by atoms with van der Waals surface area (Å²) in [7, 11) is 5.50. The number of rotatable bonds is 7. The number of hydrogen-bond acceptors (Lipinski definition) is 4. The van der Waals surface area contributed by atoms with E-state index >= 15 is 0 Å². The Morgan fingerprint density at radius 2 is 2.11 bits per heavy atom. The first-order valence-electron chi connectivity index (χ1n) is 6.67. The number of anilines is 1. The summed E-state index contributed by atoms with van der Waals surface area (Å²) < 4.78 is 1.86. The van der Waals surface area contributed by atoms with Crippen molar-refractivity contribution in [3.8, 4) is 0 Å². The van der Waals surface area contributed by atoms with E-state index in [4.69, 9.17) is 0 Å². The van der Waals surface area contributed by atoms with Crippen LogP contribution in [0.2, 0.25) is 0 Å². The zero-order chi connectivity index (χ0) is 14.4. The predicted octanol–water partition coefficient (Wildman–Crippen LogP) is 0.410. The van der Waals surface area contributed by atoms with Crippen LogP contribution in [0.4, 0.5) is 5.82 Å². The summed E-state index contributed by atoms with van der Waals surface area (Å²) in [5.41, 5.74) is 2.16. The van der Waals surface area contributed by atoms with Crippen molar-refractivity contribution < 1.29 is 4.79 Å². The Morgan fingerprint density at radius 1 is 1.42 bits per heavy atom. The van der Waals surface area contributed by atoms with Gasteiger partial charge in [-0.3, -0.25) is 9.48 Å². The highest BCUT2D eigenvalue weighted by Crippen LogP contribution is 2.23. The van der Waals surface area contributed by atoms with Crippen LogP contribution in [0.1, 0.15) is 24.6 Å². The normalized spacial score (nSPS) is 10.6. The van der Waals surface area contributed by atoms with Crippen LogP contribution in [-0.4, -0.2) is 42.9 Å². The molecule has 0 bridgehead atoms. The third-order valence-corrected chi connectivity index (χ3v) is 3.07. The first kappa shape index (κ1) is 15.5. The number of aromatic nitrogens is 2. The number of carbonyl (C=O) groups is 1. The molecule has 0 unspecified atom stereocenters. The lowest BCUT2D eigenvalue weighted by Crippen LogP contribution is -2.37. The van der Waals surface area contributed by atoms with Gasteiger partial charge in [0.2, 0.25) is 5.91 Å². The summed E-state index contributed by atoms with van der Waals surface area (Å²) in [6.07, 6.45) is 0.986. The molecule has 6 heteroatoms. The van der Waals surface area contributed by atoms with E-state index in [1.165, 1.54) is 0 Å². The average Bonchev–Trinajstić information content (AvgIpc) is 2.64. The van der Waals surface area contributed by atoms with Crippen LogP contribution in [0.3, 0.4) is 0 Å². The Morgan fingerprint density at radius 3 is 2.63 bits per heavy atom. The molecule has 0 aliphatic heterocycles. The van der Waals surface area contributed by atoms with Crippen molar-refractivity contribution in [2.24, 2.45) is 7.05 Å². The van der Waals surface area contributed by atoms with E-state index in [0.29, 0.717) is 6.54 Å². The van der Waals surface area contributed by atoms with Crippen molar-refractivity contribution in [2.75, 3.05) is 32.1 Å². The second-order valence-corrected chi connectivity index (χ2v) is 4.64. The molecule has 0 radical (unpaired) electrons. The maximum Gasteiger partial charge on any atom is 0.239 e. The lowest BCUT2D eigenvalue weighted by Gasteiger charge is -2.24. The fourth-order valence-electron chi connectivity index (χ4n) is 2.25. The smallest absolute Gasteiger partial charge is 0.239 e. The first-order chi connectivity index (χ1) is 9.04. The number of hydrogen-bond donors (Lipinski definition) is 2. The van der Waals surface area contributed by atoms with Crippen molar-refractivity contribution in [1.29, 1.82) is 0 Å². The summed E-state index contributed by atoms with van der Waals surface area (Å²) in [5, 5.41) is 10.3. The molecule has 6 nitrogen and oxygen atoms in total. The molecule has 1 amide bonds. The predicted molar refractivity (Wildman–Crippen MR) is 77.3 cm³/mol. The third-order valence-electron chi connectivity index (χ3n) is 3.07. The van der Waals surface area contributed by atoms with Gasteiger partial charge >= 0.3 is 0 Å². The van der Waals surface area contributed by atoms with Crippen molar-refractivity contribution in [3.05, 3.63) is 11.3 Å². The van der Waals surface area contributed by atoms with E-state index in [1.807, 2.05) is 25.7 Å². The molecule has 1 heterocycles. The molecule has 0 atom stereocenters. The van der Waals surface area contributed by atoms with Crippen LogP contribution in [0.25, 0.3) is 0 Å². The molecular weight excluding hydrogens is 242 g/mol. The SMILES string of the molecule is CCCN(CC(=O)NC)c1c(CNC)c(C)nn1C. The zero-order valence-electron chi connectivity index (χ0n) is 12.6. The summed E-state index contributed by atoms with van der Waals surface area (Å²) in [5.74, 6) is 1.04. The summed E-state index contributed by atoms with van der Waals surface area (Å²) in [6, 6.07) is 0. The van der Waals surface area contributed by atoms with Gasteiger partial charge in [0.1, 0.15) is 5.82 Å². The molecule has 0 aliphatic carbocycles. The molecule has 0 saturated heterocycles. The highest BCUT2D eigenvalue weighted by atomic mass is 16.1. The van der Waals surface area contributed by atoms with Crippen LogP contribution < -0.4 is 15.5 Å². The van der Waals surface area contributed by atoms with Gasteiger partial charge in [-0.15, -0.1) is 0 Å². The highest BCUT2D eigenvalue weighted by molar-refractivity contribution is 5.81. The molecule has 1 aromatic rings. The number of nitrogens with zero attached hydrogens (tertiary/aromatic N) is 3. The van der Waals surface area contributed by atoms with Gasteiger partial charge in [0.05, 0.1) is 12.2 Å². The van der Waals surface area contributed by atoms with E-state index in [9.17, 15) is 4.79 Å². The second kappa shape index (κ2) is 7.13. The summed E-state index contributed by atoms with van der Waals surface area (Å²) in [6.45, 7) is 6.06. The highest BCUT2D eigenvalue weighted by Gasteiger charge is 2.20. The summed E-state index contributed by atoms with van der Waals surface area (Å²) in [4.78, 5) is 13.7. The van der Waals surface area contributed by atoms with E-state index in [2.05, 4.69) is 27.6 Å². The van der Waals surface area contributed by atoms with Crippen molar-refractivity contribution in [2.45, 2.75) is 26.8 Å². The third kappa shape index (κ3) is 3.70. The topological polar surface area (TPSA) is 62.2 Å². The molecule has 0 saturated carbocycles. The molecule has 19 heavy (non-hydrogen) atoms. The summed E-state index contributed by atoms with van der Waals surface area (Å²) >= 11 is 0. The Bertz CT molecular complexity index is 427. The van der Waals surface area contributed by atoms with Crippen LogP contribution in [0.15, 0.2) is 0 Å². The molecule has 0 aromatic carbocycles. The fourth-order valence-corrected chi connectivity index (χ4v) is 2.25. The maximum atomic E-state index is 11.7. The first-order valence-corrected chi connectivity index (χ1v) is 6.67. The minimum absolute atomic E-state index is 0.0164. The largest absolute Gasteiger partial charge is 0.358 e. The molecule has 1 aromatic heterocycles.